The maximum atomic E-state index is 11.6. The predicted molar refractivity (Wildman–Crippen MR) is 37.9 cm³/mol. The second kappa shape index (κ2) is 3.68. The van der Waals surface area contributed by atoms with Gasteiger partial charge in [0.15, 0.2) is 0 Å². The third-order valence-electron chi connectivity index (χ3n) is 1.52. The number of hydrogen-bond acceptors (Lipinski definition) is 2. The molecule has 0 aromatic heterocycles. The minimum atomic E-state index is -4.89. The number of carbonyl (C=O) groups excluding carboxylic acids is 1. The maximum Gasteiger partial charge on any atom is 0.576 e. The second-order valence-electron chi connectivity index (χ2n) is 2.52. The molecule has 74 valence electrons. The summed E-state index contributed by atoms with van der Waals surface area (Å²) in [5.74, 6) is 0. The fraction of sp³-hybridized carbons (Fsp3) is 0.571. The Kier molecular flexibility index (Phi) is 2.79. The summed E-state index contributed by atoms with van der Waals surface area (Å²) in [7, 11) is 0. The van der Waals surface area contributed by atoms with Crippen LogP contribution in [-0.2, 0) is 4.74 Å². The minimum absolute atomic E-state index is 0.176. The van der Waals surface area contributed by atoms with Crippen molar-refractivity contribution in [2.75, 3.05) is 13.1 Å². The average Bonchev–Trinajstić information content (AvgIpc) is 2.03. The van der Waals surface area contributed by atoms with E-state index in [1.54, 1.807) is 12.2 Å². The molecule has 0 N–H and O–H groups in total. The average molecular weight is 195 g/mol. The standard InChI is InChI=1S/C7H8F3NO2/c8-7(9,10)13-6(12)11-4-2-1-3-5-11/h1-2H,3-5H2. The van der Waals surface area contributed by atoms with Gasteiger partial charge in [-0.3, -0.25) is 0 Å². The number of carbonyl (C=O) groups is 1. The Morgan fingerprint density at radius 1 is 1.38 bits per heavy atom. The van der Waals surface area contributed by atoms with Gasteiger partial charge in [0.05, 0.1) is 0 Å². The van der Waals surface area contributed by atoms with Crippen molar-refractivity contribution < 1.29 is 22.7 Å². The third kappa shape index (κ3) is 3.35. The van der Waals surface area contributed by atoms with Gasteiger partial charge in [0, 0.05) is 13.1 Å². The summed E-state index contributed by atoms with van der Waals surface area (Å²) < 4.78 is 38.0. The van der Waals surface area contributed by atoms with Crippen LogP contribution in [0.1, 0.15) is 6.42 Å². The molecular formula is C7H8F3NO2. The molecule has 0 aromatic rings. The normalized spacial score (nSPS) is 17.3. The molecule has 3 nitrogen and oxygen atoms in total. The van der Waals surface area contributed by atoms with E-state index in [1.807, 2.05) is 0 Å². The summed E-state index contributed by atoms with van der Waals surface area (Å²) in [6, 6.07) is 0. The lowest BCUT2D eigenvalue weighted by Crippen LogP contribution is -2.37. The molecule has 1 amide bonds. The Balaban J connectivity index is 2.43. The zero-order valence-corrected chi connectivity index (χ0v) is 6.67. The summed E-state index contributed by atoms with van der Waals surface area (Å²) in [4.78, 5) is 11.8. The molecule has 1 aliphatic heterocycles. The minimum Gasteiger partial charge on any atom is -0.356 e. The van der Waals surface area contributed by atoms with Crippen LogP contribution in [-0.4, -0.2) is 30.4 Å². The lowest BCUT2D eigenvalue weighted by atomic mass is 10.3. The number of hydrogen-bond donors (Lipinski definition) is 0. The zero-order chi connectivity index (χ0) is 9.90. The molecular weight excluding hydrogens is 187 g/mol. The maximum absolute atomic E-state index is 11.6. The van der Waals surface area contributed by atoms with E-state index in [1.165, 1.54) is 0 Å². The molecule has 1 heterocycles. The fourth-order valence-electron chi connectivity index (χ4n) is 0.971. The summed E-state index contributed by atoms with van der Waals surface area (Å²) in [5.41, 5.74) is 0. The first-order chi connectivity index (χ1) is 5.99. The van der Waals surface area contributed by atoms with Crippen molar-refractivity contribution in [1.82, 2.24) is 4.90 Å². The van der Waals surface area contributed by atoms with Gasteiger partial charge in [-0.15, -0.1) is 13.2 Å². The molecule has 1 rings (SSSR count). The van der Waals surface area contributed by atoms with E-state index in [-0.39, 0.29) is 13.1 Å². The Hall–Kier alpha value is -1.20. The molecule has 0 saturated heterocycles. The van der Waals surface area contributed by atoms with E-state index >= 15 is 0 Å². The number of amides is 1. The molecule has 13 heavy (non-hydrogen) atoms. The van der Waals surface area contributed by atoms with Crippen molar-refractivity contribution >= 4 is 6.09 Å². The highest BCUT2D eigenvalue weighted by atomic mass is 19.4. The van der Waals surface area contributed by atoms with Crippen LogP contribution in [0.5, 0.6) is 0 Å². The lowest BCUT2D eigenvalue weighted by molar-refractivity contribution is -0.294. The molecule has 0 spiro atoms. The molecule has 0 atom stereocenters. The molecule has 0 aliphatic carbocycles. The Labute approximate surface area is 72.8 Å². The quantitative estimate of drug-likeness (QED) is 0.552. The molecule has 0 fully saturated rings. The van der Waals surface area contributed by atoms with E-state index < -0.39 is 12.5 Å². The van der Waals surface area contributed by atoms with Gasteiger partial charge in [-0.05, 0) is 6.42 Å². The van der Waals surface area contributed by atoms with Crippen molar-refractivity contribution in [3.8, 4) is 0 Å². The van der Waals surface area contributed by atoms with E-state index in [4.69, 9.17) is 0 Å². The van der Waals surface area contributed by atoms with Crippen LogP contribution in [0.2, 0.25) is 0 Å². The van der Waals surface area contributed by atoms with Crippen LogP contribution in [0.3, 0.4) is 0 Å². The summed E-state index contributed by atoms with van der Waals surface area (Å²) in [6.45, 7) is 0.445. The highest BCUT2D eigenvalue weighted by Gasteiger charge is 2.35. The molecule has 0 saturated carbocycles. The van der Waals surface area contributed by atoms with Gasteiger partial charge in [-0.2, -0.15) is 0 Å². The Bertz CT molecular complexity index is 224. The second-order valence-corrected chi connectivity index (χ2v) is 2.52. The number of alkyl halides is 3. The number of halogens is 3. The smallest absolute Gasteiger partial charge is 0.356 e. The highest BCUT2D eigenvalue weighted by molar-refractivity contribution is 5.68. The van der Waals surface area contributed by atoms with Crippen LogP contribution < -0.4 is 0 Å². The van der Waals surface area contributed by atoms with Crippen LogP contribution in [0.4, 0.5) is 18.0 Å². The zero-order valence-electron chi connectivity index (χ0n) is 6.67. The molecule has 0 aromatic carbocycles. The third-order valence-corrected chi connectivity index (χ3v) is 1.52. The molecule has 0 bridgehead atoms. The fourth-order valence-corrected chi connectivity index (χ4v) is 0.971. The van der Waals surface area contributed by atoms with Gasteiger partial charge in [0.1, 0.15) is 0 Å². The van der Waals surface area contributed by atoms with Gasteiger partial charge < -0.3 is 9.64 Å². The first-order valence-electron chi connectivity index (χ1n) is 3.69. The monoisotopic (exact) mass is 195 g/mol. The topological polar surface area (TPSA) is 29.5 Å². The number of rotatable bonds is 0. The van der Waals surface area contributed by atoms with Crippen LogP contribution in [0, 0.1) is 0 Å². The van der Waals surface area contributed by atoms with Gasteiger partial charge in [-0.1, -0.05) is 12.2 Å². The molecule has 0 radical (unpaired) electrons. The molecule has 0 unspecified atom stereocenters. The van der Waals surface area contributed by atoms with E-state index in [2.05, 4.69) is 4.74 Å². The predicted octanol–water partition coefficient (Wildman–Crippen LogP) is 1.90. The lowest BCUT2D eigenvalue weighted by Gasteiger charge is -2.22. The summed E-state index contributed by atoms with van der Waals surface area (Å²) >= 11 is 0. The molecule has 6 heteroatoms. The summed E-state index contributed by atoms with van der Waals surface area (Å²) in [5, 5.41) is 0. The van der Waals surface area contributed by atoms with Crippen molar-refractivity contribution in [2.24, 2.45) is 0 Å². The van der Waals surface area contributed by atoms with Gasteiger partial charge in [-0.25, -0.2) is 4.79 Å². The Morgan fingerprint density at radius 2 is 2.08 bits per heavy atom. The number of nitrogens with zero attached hydrogens (tertiary/aromatic N) is 1. The van der Waals surface area contributed by atoms with E-state index in [0.29, 0.717) is 6.42 Å². The van der Waals surface area contributed by atoms with Crippen molar-refractivity contribution in [2.45, 2.75) is 12.8 Å². The largest absolute Gasteiger partial charge is 0.576 e. The SMILES string of the molecule is O=C(OC(F)(F)F)N1CC=CCC1. The Morgan fingerprint density at radius 3 is 2.54 bits per heavy atom. The van der Waals surface area contributed by atoms with Crippen LogP contribution in [0.25, 0.3) is 0 Å². The van der Waals surface area contributed by atoms with Gasteiger partial charge in [0.2, 0.25) is 0 Å². The highest BCUT2D eigenvalue weighted by Crippen LogP contribution is 2.18. The van der Waals surface area contributed by atoms with Crippen molar-refractivity contribution in [3.05, 3.63) is 12.2 Å². The van der Waals surface area contributed by atoms with Gasteiger partial charge >= 0.3 is 12.5 Å². The first-order valence-corrected chi connectivity index (χ1v) is 3.69. The van der Waals surface area contributed by atoms with Crippen molar-refractivity contribution in [3.63, 3.8) is 0 Å². The van der Waals surface area contributed by atoms with Crippen LogP contribution in [0.15, 0.2) is 12.2 Å². The van der Waals surface area contributed by atoms with E-state index in [0.717, 1.165) is 4.90 Å². The van der Waals surface area contributed by atoms with Crippen molar-refractivity contribution in [1.29, 1.82) is 0 Å². The first kappa shape index (κ1) is 9.88. The van der Waals surface area contributed by atoms with Crippen LogP contribution >= 0.6 is 0 Å². The molecule has 1 aliphatic rings. The van der Waals surface area contributed by atoms with Gasteiger partial charge in [0.25, 0.3) is 0 Å². The van der Waals surface area contributed by atoms with E-state index in [9.17, 15) is 18.0 Å². The number of ether oxygens (including phenoxy) is 1. The summed E-state index contributed by atoms with van der Waals surface area (Å²) in [6.07, 6.45) is -2.24.